The van der Waals surface area contributed by atoms with Gasteiger partial charge in [0.1, 0.15) is 18.1 Å². The summed E-state index contributed by atoms with van der Waals surface area (Å²) in [6.07, 6.45) is 6.87. The second-order valence-electron chi connectivity index (χ2n) is 27.4. The van der Waals surface area contributed by atoms with Crippen molar-refractivity contribution in [2.24, 2.45) is 11.8 Å². The van der Waals surface area contributed by atoms with Gasteiger partial charge in [0, 0.05) is 38.9 Å². The smallest absolute Gasteiger partial charge is 0.328 e. The maximum absolute atomic E-state index is 14.0. The van der Waals surface area contributed by atoms with Crippen molar-refractivity contribution in [3.05, 3.63) is 329 Å². The van der Waals surface area contributed by atoms with Gasteiger partial charge in [-0.2, -0.15) is 0 Å². The number of amides is 3. The van der Waals surface area contributed by atoms with E-state index in [1.165, 1.54) is 34.9 Å². The van der Waals surface area contributed by atoms with Crippen molar-refractivity contribution in [1.29, 1.82) is 0 Å². The van der Waals surface area contributed by atoms with Gasteiger partial charge in [-0.1, -0.05) is 330 Å². The number of alkyl halides is 2. The number of methoxy groups -OCH3 is 3. The molecule has 3 saturated heterocycles. The first-order valence-corrected chi connectivity index (χ1v) is 39.7. The number of halogens is 2. The van der Waals surface area contributed by atoms with Crippen LogP contribution in [0.2, 0.25) is 0 Å². The minimum atomic E-state index is -0.671. The Labute approximate surface area is 656 Å². The van der Waals surface area contributed by atoms with E-state index in [9.17, 15) is 28.8 Å². The maximum atomic E-state index is 14.0. The SMILES string of the molecule is COC(=O)[C@@H]1C[C@H](OC/C=C/c2ccccc2)CN1C(=O)C(c1ccccc1)c1ccccc1.COC(=O)[C@@H]1C[C@H](OC[C@@H]2C[C@H]2c2ccccc2)CN1C(=O)C(c1ccccc1)c1ccccc1.COC(=O)[C@@H]1C[C@H](OC[C@H]2C[C@@H]2c2ccccc2)CN1C(=O)C(c1ccccc1)c1ccccc1.ICI. The molecule has 5 aliphatic rings. The van der Waals surface area contributed by atoms with Crippen molar-refractivity contribution in [2.75, 3.05) is 63.2 Å². The van der Waals surface area contributed by atoms with Crippen molar-refractivity contribution in [1.82, 2.24) is 14.7 Å². The van der Waals surface area contributed by atoms with Crippen molar-refractivity contribution in [2.45, 2.75) is 98.1 Å². The van der Waals surface area contributed by atoms with Crippen LogP contribution in [0, 0.1) is 11.8 Å². The lowest BCUT2D eigenvalue weighted by atomic mass is 9.90. The zero-order valence-corrected chi connectivity index (χ0v) is 64.9. The Bertz CT molecular complexity index is 3970. The molecule has 10 atom stereocenters. The molecule has 2 aliphatic carbocycles. The van der Waals surface area contributed by atoms with E-state index in [-0.39, 0.29) is 36.0 Å². The summed E-state index contributed by atoms with van der Waals surface area (Å²) in [5, 5.41) is 0. The lowest BCUT2D eigenvalue weighted by Gasteiger charge is -2.28. The Morgan fingerprint density at radius 1 is 0.355 bits per heavy atom. The van der Waals surface area contributed by atoms with Gasteiger partial charge in [-0.25, -0.2) is 14.4 Å². The minimum absolute atomic E-state index is 0.0996. The van der Waals surface area contributed by atoms with Crippen LogP contribution in [0.1, 0.15) is 112 Å². The van der Waals surface area contributed by atoms with E-state index in [0.717, 1.165) is 51.8 Å². The predicted octanol–water partition coefficient (Wildman–Crippen LogP) is 16.1. The number of hydrogen-bond acceptors (Lipinski definition) is 12. The van der Waals surface area contributed by atoms with Crippen LogP contribution in [0.25, 0.3) is 6.08 Å². The highest BCUT2D eigenvalue weighted by Gasteiger charge is 2.48. The third kappa shape index (κ3) is 21.4. The molecule has 3 aliphatic heterocycles. The highest BCUT2D eigenvalue weighted by atomic mass is 127. The van der Waals surface area contributed by atoms with Crippen LogP contribution >= 0.6 is 45.2 Å². The van der Waals surface area contributed by atoms with Gasteiger partial charge < -0.3 is 43.1 Å². The van der Waals surface area contributed by atoms with E-state index in [2.05, 4.69) is 93.7 Å². The number of esters is 3. The van der Waals surface area contributed by atoms with Crippen molar-refractivity contribution in [3.8, 4) is 0 Å². The molecule has 3 heterocycles. The van der Waals surface area contributed by atoms with Gasteiger partial charge >= 0.3 is 17.9 Å². The molecule has 0 aromatic heterocycles. The highest BCUT2D eigenvalue weighted by Crippen LogP contribution is 2.49. The van der Waals surface area contributed by atoms with Gasteiger partial charge in [0.25, 0.3) is 0 Å². The van der Waals surface area contributed by atoms with E-state index >= 15 is 0 Å². The fourth-order valence-electron chi connectivity index (χ4n) is 14.9. The van der Waals surface area contributed by atoms with Crippen LogP contribution in [0.15, 0.2) is 279 Å². The summed E-state index contributed by atoms with van der Waals surface area (Å²) >= 11 is 4.55. The van der Waals surface area contributed by atoms with E-state index in [4.69, 9.17) is 28.4 Å². The number of nitrogens with zero attached hydrogens (tertiary/aromatic N) is 3. The quantitative estimate of drug-likeness (QED) is 0.0243. The molecule has 9 aromatic rings. The van der Waals surface area contributed by atoms with Crippen molar-refractivity contribution < 1.29 is 57.2 Å². The van der Waals surface area contributed by atoms with Crippen molar-refractivity contribution >= 4 is 86.9 Å². The monoisotopic (exact) mass is 1660 g/mol. The van der Waals surface area contributed by atoms with Gasteiger partial charge in [-0.05, 0) is 86.6 Å². The first-order chi connectivity index (χ1) is 52.4. The number of carbonyl (C=O) groups excluding carboxylic acids is 6. The molecule has 15 nitrogen and oxygen atoms in total. The van der Waals surface area contributed by atoms with E-state index in [0.29, 0.717) is 82.4 Å². The van der Waals surface area contributed by atoms with Gasteiger partial charge in [-0.15, -0.1) is 0 Å². The predicted molar refractivity (Wildman–Crippen MR) is 433 cm³/mol. The fourth-order valence-corrected chi connectivity index (χ4v) is 14.9. The molecule has 5 fully saturated rings. The molecule has 14 rings (SSSR count). The molecule has 0 spiro atoms. The summed E-state index contributed by atoms with van der Waals surface area (Å²) in [4.78, 5) is 84.8. The Morgan fingerprint density at radius 2 is 0.598 bits per heavy atom. The molecule has 0 N–H and O–H groups in total. The summed E-state index contributed by atoms with van der Waals surface area (Å²) < 4.78 is 35.0. The second kappa shape index (κ2) is 40.2. The molecule has 0 bridgehead atoms. The summed E-state index contributed by atoms with van der Waals surface area (Å²) in [6, 6.07) is 87.3. The van der Waals surface area contributed by atoms with Crippen LogP contribution in [0.4, 0.5) is 0 Å². The minimum Gasteiger partial charge on any atom is -0.467 e. The topological polar surface area (TPSA) is 168 Å². The van der Waals surface area contributed by atoms with E-state index in [1.807, 2.05) is 237 Å². The Morgan fingerprint density at radius 3 is 0.860 bits per heavy atom. The molecule has 0 radical (unpaired) electrons. The number of hydrogen-bond donors (Lipinski definition) is 0. The maximum Gasteiger partial charge on any atom is 0.328 e. The number of likely N-dealkylation sites (tertiary alicyclic amines) is 3. The van der Waals surface area contributed by atoms with E-state index < -0.39 is 53.8 Å². The summed E-state index contributed by atoms with van der Waals surface area (Å²) in [5.41, 5.74) is 9.18. The van der Waals surface area contributed by atoms with Gasteiger partial charge in [0.05, 0.1) is 79.6 Å². The molecule has 2 saturated carbocycles. The fraction of sp³-hybridized carbons (Fsp3) is 0.311. The molecule has 3 amide bonds. The largest absolute Gasteiger partial charge is 0.467 e. The Hall–Kier alpha value is -9.12. The summed E-state index contributed by atoms with van der Waals surface area (Å²) in [7, 11) is 4.10. The third-order valence-corrected chi connectivity index (χ3v) is 20.5. The van der Waals surface area contributed by atoms with Gasteiger partial charge in [0.15, 0.2) is 0 Å². The zero-order valence-electron chi connectivity index (χ0n) is 60.6. The molecular weight excluding hydrogens is 1570 g/mol. The van der Waals surface area contributed by atoms with Crippen LogP contribution in [-0.4, -0.2) is 150 Å². The number of carbonyl (C=O) groups is 6. The Balaban J connectivity index is 0.000000157. The lowest BCUT2D eigenvalue weighted by molar-refractivity contribution is -0.151. The first kappa shape index (κ1) is 78.9. The standard InChI is InChI=1S/2C30H31NO4.C29H29NO4.CH2I2/c2*1-34-30(33)27-18-25(35-20-24-17-26(24)21-11-5-2-6-12-21)19-31(27)29(32)28(22-13-7-3-8-14-22)23-15-9-4-10-16-23;1-33-29(32)26-20-25(34-19-11-14-22-12-5-2-6-13-22)21-30(26)28(31)27(23-15-7-3-8-16-23)24-17-9-4-10-18-24;2-1-3/h2*2-16,24-28H,17-20H2,1H3;2-18,25-27H,19-21H2,1H3;1H2/b;;14-11+;/t24-,25+,26-,27+;24-,25-,26-,27-;25-,26-;/m100./s1. The molecule has 107 heavy (non-hydrogen) atoms. The molecule has 17 heteroatoms. The summed E-state index contributed by atoms with van der Waals surface area (Å²) in [5.74, 6) is -0.974. The molecule has 9 aromatic carbocycles. The van der Waals surface area contributed by atoms with Crippen LogP contribution in [0.3, 0.4) is 0 Å². The number of ether oxygens (including phenoxy) is 6. The molecule has 0 unspecified atom stereocenters. The molecular formula is C90H93I2N3O12. The second-order valence-corrected chi connectivity index (χ2v) is 31.8. The van der Waals surface area contributed by atoms with Gasteiger partial charge in [0.2, 0.25) is 17.7 Å². The summed E-state index contributed by atoms with van der Waals surface area (Å²) in [6.45, 7) is 2.79. The van der Waals surface area contributed by atoms with E-state index in [1.54, 1.807) is 14.7 Å². The third-order valence-electron chi connectivity index (χ3n) is 20.5. The molecule has 554 valence electrons. The Kier molecular flexibility index (Phi) is 29.6. The van der Waals surface area contributed by atoms with Crippen molar-refractivity contribution in [3.63, 3.8) is 0 Å². The van der Waals surface area contributed by atoms with Crippen LogP contribution in [0.5, 0.6) is 0 Å². The van der Waals surface area contributed by atoms with Crippen LogP contribution < -0.4 is 0 Å². The highest BCUT2D eigenvalue weighted by molar-refractivity contribution is 14.2. The average molecular weight is 1660 g/mol. The van der Waals surface area contributed by atoms with Gasteiger partial charge in [-0.3, -0.25) is 14.4 Å². The number of benzene rings is 9. The van der Waals surface area contributed by atoms with Crippen LogP contribution in [-0.2, 0) is 57.2 Å². The average Bonchev–Trinajstić information content (AvgIpc) is 1.64. The lowest BCUT2D eigenvalue weighted by Crippen LogP contribution is -2.43. The number of rotatable bonds is 24. The first-order valence-electron chi connectivity index (χ1n) is 36.6. The normalized spacial score (nSPS) is 21.1. The zero-order chi connectivity index (χ0) is 74.9.